The molecule has 0 aliphatic carbocycles. The quantitative estimate of drug-likeness (QED) is 0.275. The Hall–Kier alpha value is -3.26. The Morgan fingerprint density at radius 1 is 1.07 bits per heavy atom. The summed E-state index contributed by atoms with van der Waals surface area (Å²) in [5, 5.41) is 13.5. The van der Waals surface area contributed by atoms with E-state index in [1.165, 1.54) is 17.0 Å². The van der Waals surface area contributed by atoms with Gasteiger partial charge < -0.3 is 34.7 Å². The van der Waals surface area contributed by atoms with E-state index < -0.39 is 54.2 Å². The van der Waals surface area contributed by atoms with E-state index in [4.69, 9.17) is 14.5 Å². The smallest absolute Gasteiger partial charge is 0.391 e. The van der Waals surface area contributed by atoms with Crippen LogP contribution < -0.4 is 5.32 Å². The van der Waals surface area contributed by atoms with Crippen molar-refractivity contribution in [1.29, 1.82) is 0 Å². The van der Waals surface area contributed by atoms with Crippen LogP contribution in [-0.2, 0) is 24.6 Å². The summed E-state index contributed by atoms with van der Waals surface area (Å²) in [7, 11) is -5.79. The lowest BCUT2D eigenvalue weighted by Crippen LogP contribution is -2.58. The van der Waals surface area contributed by atoms with Crippen molar-refractivity contribution in [3.8, 4) is 0 Å². The molecule has 5 rings (SSSR count). The van der Waals surface area contributed by atoms with Gasteiger partial charge in [0.25, 0.3) is 5.91 Å². The van der Waals surface area contributed by atoms with E-state index in [-0.39, 0.29) is 41.8 Å². The summed E-state index contributed by atoms with van der Waals surface area (Å²) >= 11 is 0.963. The first kappa shape index (κ1) is 34.1. The number of β-amino-alcohol motifs (C(OH)–C–C–N with tert-alkyl or cyclic N) is 1. The van der Waals surface area contributed by atoms with Gasteiger partial charge in [0.15, 0.2) is 0 Å². The average Bonchev–Trinajstić information content (AvgIpc) is 3.61. The molecule has 2 fully saturated rings. The molecule has 0 saturated carbocycles. The average molecular weight is 680 g/mol. The van der Waals surface area contributed by atoms with Gasteiger partial charge in [-0.3, -0.25) is 18.9 Å². The third-order valence-electron chi connectivity index (χ3n) is 8.24. The monoisotopic (exact) mass is 679 g/mol. The number of fused-ring (bicyclic) bond motifs is 1. The standard InChI is InChI=1S/C31H36F2N3O8PS/c1-30(2,3)26(34-27(38)25-14-19-13-20(9-10-24(19)46-25)31(32,33)45(41,42)43)29(40)36-16-21(37)15-22(36)28(39)35-11-12-44-23(17-35)18-7-5-4-6-8-18/h4-10,13-14,21-23,26,37H,11-12,15-17H2,1-3H3,(H,34,38)(H2,41,42,43)/t21-,22-,23?,26?/m0/s1. The van der Waals surface area contributed by atoms with Gasteiger partial charge in [-0.2, -0.15) is 8.78 Å². The lowest BCUT2D eigenvalue weighted by molar-refractivity contribution is -0.150. The number of hydrogen-bond acceptors (Lipinski definition) is 7. The number of aliphatic hydroxyl groups is 1. The van der Waals surface area contributed by atoms with Gasteiger partial charge in [-0.15, -0.1) is 11.3 Å². The summed E-state index contributed by atoms with van der Waals surface area (Å²) in [6.07, 6.45) is -1.24. The fourth-order valence-corrected chi connectivity index (χ4v) is 7.17. The number of rotatable bonds is 7. The summed E-state index contributed by atoms with van der Waals surface area (Å²) in [6, 6.07) is 11.8. The Kier molecular flexibility index (Phi) is 9.44. The maximum absolute atomic E-state index is 14.3. The molecule has 11 nitrogen and oxygen atoms in total. The first-order chi connectivity index (χ1) is 21.5. The zero-order chi connectivity index (χ0) is 33.6. The van der Waals surface area contributed by atoms with Crippen molar-refractivity contribution < 1.29 is 47.4 Å². The number of amides is 3. The van der Waals surface area contributed by atoms with Crippen molar-refractivity contribution in [1.82, 2.24) is 15.1 Å². The van der Waals surface area contributed by atoms with Crippen molar-refractivity contribution in [3.05, 3.63) is 70.6 Å². The van der Waals surface area contributed by atoms with Gasteiger partial charge in [0, 0.05) is 29.8 Å². The minimum atomic E-state index is -5.79. The second kappa shape index (κ2) is 12.7. The predicted octanol–water partition coefficient (Wildman–Crippen LogP) is 3.83. The first-order valence-corrected chi connectivity index (χ1v) is 17.1. The van der Waals surface area contributed by atoms with E-state index >= 15 is 0 Å². The van der Waals surface area contributed by atoms with Crippen LogP contribution in [0.4, 0.5) is 8.78 Å². The summed E-state index contributed by atoms with van der Waals surface area (Å²) < 4.78 is 46.2. The van der Waals surface area contributed by atoms with Crippen LogP contribution in [0.25, 0.3) is 10.1 Å². The Morgan fingerprint density at radius 3 is 2.41 bits per heavy atom. The number of nitrogens with zero attached hydrogens (tertiary/aromatic N) is 2. The van der Waals surface area contributed by atoms with Gasteiger partial charge in [0.1, 0.15) is 18.2 Å². The molecule has 2 aromatic carbocycles. The molecule has 4 N–H and O–H groups in total. The fraction of sp³-hybridized carbons (Fsp3) is 0.452. The summed E-state index contributed by atoms with van der Waals surface area (Å²) in [5.41, 5.74) is -5.21. The van der Waals surface area contributed by atoms with Crippen molar-refractivity contribution in [2.45, 2.75) is 57.1 Å². The number of thiophene rings is 1. The lowest BCUT2D eigenvalue weighted by atomic mass is 9.85. The number of halogens is 2. The molecule has 2 aliphatic heterocycles. The molecule has 2 unspecified atom stereocenters. The highest BCUT2D eigenvalue weighted by Gasteiger charge is 2.50. The minimum absolute atomic E-state index is 0.0423. The van der Waals surface area contributed by atoms with Gasteiger partial charge in [-0.1, -0.05) is 57.2 Å². The molecule has 0 radical (unpaired) electrons. The van der Waals surface area contributed by atoms with E-state index in [2.05, 4.69) is 5.32 Å². The number of aliphatic hydroxyl groups excluding tert-OH is 1. The minimum Gasteiger partial charge on any atom is -0.391 e. The maximum Gasteiger partial charge on any atom is 0.399 e. The van der Waals surface area contributed by atoms with Gasteiger partial charge in [0.2, 0.25) is 11.8 Å². The first-order valence-electron chi connectivity index (χ1n) is 14.7. The molecule has 0 bridgehead atoms. The molecule has 3 amide bonds. The summed E-state index contributed by atoms with van der Waals surface area (Å²) in [5.74, 6) is -1.53. The van der Waals surface area contributed by atoms with E-state index in [1.807, 2.05) is 30.3 Å². The van der Waals surface area contributed by atoms with Crippen molar-refractivity contribution in [3.63, 3.8) is 0 Å². The third kappa shape index (κ3) is 6.87. The van der Waals surface area contributed by atoms with Crippen LogP contribution in [0, 0.1) is 5.41 Å². The highest BCUT2D eigenvalue weighted by molar-refractivity contribution is 7.52. The van der Waals surface area contributed by atoms with Crippen LogP contribution in [0.15, 0.2) is 54.6 Å². The van der Waals surface area contributed by atoms with Gasteiger partial charge in [-0.25, -0.2) is 0 Å². The Morgan fingerprint density at radius 2 is 1.76 bits per heavy atom. The molecular formula is C31H36F2N3O8PS. The Bertz CT molecular complexity index is 1670. The SMILES string of the molecule is CC(C)(C)C(NC(=O)c1cc2cc(C(F)(F)P(=O)(O)O)ccc2s1)C(=O)N1C[C@@H](O)C[C@H]1C(=O)N1CCOC(c2ccccc2)C1. The van der Waals surface area contributed by atoms with Crippen LogP contribution in [0.2, 0.25) is 0 Å². The Labute approximate surface area is 268 Å². The maximum atomic E-state index is 14.3. The topological polar surface area (TPSA) is 157 Å². The van der Waals surface area contributed by atoms with Crippen LogP contribution in [0.5, 0.6) is 0 Å². The van der Waals surface area contributed by atoms with Crippen molar-refractivity contribution in [2.24, 2.45) is 5.41 Å². The fourth-order valence-electron chi connectivity index (χ4n) is 5.75. The molecule has 3 heterocycles. The molecule has 2 saturated heterocycles. The summed E-state index contributed by atoms with van der Waals surface area (Å²) in [6.45, 7) is 6.05. The number of carbonyl (C=O) groups is 3. The Balaban J connectivity index is 1.35. The largest absolute Gasteiger partial charge is 0.399 e. The number of nitrogens with one attached hydrogen (secondary N) is 1. The molecule has 248 valence electrons. The highest BCUT2D eigenvalue weighted by atomic mass is 32.1. The molecule has 0 spiro atoms. The van der Waals surface area contributed by atoms with Gasteiger partial charge in [0.05, 0.1) is 24.1 Å². The molecule has 15 heteroatoms. The van der Waals surface area contributed by atoms with Crippen LogP contribution in [0.1, 0.15) is 54.1 Å². The zero-order valence-corrected chi connectivity index (χ0v) is 27.1. The van der Waals surface area contributed by atoms with E-state index in [1.54, 1.807) is 25.7 Å². The predicted molar refractivity (Wildman–Crippen MR) is 166 cm³/mol. The summed E-state index contributed by atoms with van der Waals surface area (Å²) in [4.78, 5) is 62.5. The molecule has 46 heavy (non-hydrogen) atoms. The van der Waals surface area contributed by atoms with Gasteiger partial charge in [-0.05, 0) is 34.6 Å². The van der Waals surface area contributed by atoms with Crippen LogP contribution >= 0.6 is 18.9 Å². The number of ether oxygens (including phenoxy) is 1. The van der Waals surface area contributed by atoms with E-state index in [9.17, 15) is 32.8 Å². The van der Waals surface area contributed by atoms with E-state index in [0.717, 1.165) is 29.0 Å². The van der Waals surface area contributed by atoms with Crippen molar-refractivity contribution >= 4 is 46.7 Å². The molecule has 1 aromatic heterocycles. The number of likely N-dealkylation sites (tertiary alicyclic amines) is 1. The number of carbonyl (C=O) groups excluding carboxylic acids is 3. The van der Waals surface area contributed by atoms with Crippen molar-refractivity contribution in [2.75, 3.05) is 26.2 Å². The lowest BCUT2D eigenvalue weighted by Gasteiger charge is -2.38. The molecule has 3 aromatic rings. The zero-order valence-electron chi connectivity index (χ0n) is 25.4. The number of benzene rings is 2. The highest BCUT2D eigenvalue weighted by Crippen LogP contribution is 2.59. The second-order valence-electron chi connectivity index (χ2n) is 12.7. The van der Waals surface area contributed by atoms with E-state index in [0.29, 0.717) is 17.9 Å². The third-order valence-corrected chi connectivity index (χ3v) is 10.3. The normalized spacial score (nSPS) is 21.8. The molecular weight excluding hydrogens is 643 g/mol. The molecule has 2 aliphatic rings. The number of morpholine rings is 1. The van der Waals surface area contributed by atoms with Crippen LogP contribution in [0.3, 0.4) is 0 Å². The van der Waals surface area contributed by atoms with Crippen LogP contribution in [-0.4, -0.2) is 86.8 Å². The second-order valence-corrected chi connectivity index (χ2v) is 15.4. The number of alkyl halides is 2. The molecule has 4 atom stereocenters. The van der Waals surface area contributed by atoms with Gasteiger partial charge >= 0.3 is 13.3 Å². The number of hydrogen-bond donors (Lipinski definition) is 4.